The number of carbonyl (C=O) groups is 1. The number of benzene rings is 2. The molecule has 4 rings (SSSR count). The van der Waals surface area contributed by atoms with E-state index in [-0.39, 0.29) is 12.5 Å². The van der Waals surface area contributed by atoms with Crippen molar-refractivity contribution in [1.82, 2.24) is 4.98 Å². The largest absolute Gasteiger partial charge is 0.494 e. The zero-order valence-electron chi connectivity index (χ0n) is 20.5. The molecule has 0 N–H and O–H groups in total. The highest BCUT2D eigenvalue weighted by atomic mass is 35.5. The number of halogens is 1. The first-order valence-electron chi connectivity index (χ1n) is 11.5. The lowest BCUT2D eigenvalue weighted by Crippen LogP contribution is -2.30. The van der Waals surface area contributed by atoms with E-state index in [4.69, 9.17) is 39.9 Å². The summed E-state index contributed by atoms with van der Waals surface area (Å²) in [6.45, 7) is 6.99. The maximum Gasteiger partial charge on any atom is 0.260 e. The minimum absolute atomic E-state index is 0.159. The summed E-state index contributed by atoms with van der Waals surface area (Å²) in [4.78, 5) is 20.3. The van der Waals surface area contributed by atoms with E-state index >= 15 is 0 Å². The van der Waals surface area contributed by atoms with Gasteiger partial charge >= 0.3 is 0 Å². The van der Waals surface area contributed by atoms with Crippen molar-refractivity contribution in [2.45, 2.75) is 27.3 Å². The Morgan fingerprint density at radius 3 is 2.31 bits per heavy atom. The van der Waals surface area contributed by atoms with E-state index in [1.54, 1.807) is 54.7 Å². The molecule has 0 spiro atoms. The van der Waals surface area contributed by atoms with Crippen molar-refractivity contribution in [1.29, 1.82) is 0 Å². The quantitative estimate of drug-likeness (QED) is 0.216. The smallest absolute Gasteiger partial charge is 0.260 e. The molecule has 0 aliphatic heterocycles. The number of carbonyl (C=O) groups excluding carboxylic acids is 1. The first-order chi connectivity index (χ1) is 17.5. The van der Waals surface area contributed by atoms with Crippen LogP contribution in [0.5, 0.6) is 23.0 Å². The molecule has 1 amide bonds. The highest BCUT2D eigenvalue weighted by Gasteiger charge is 2.27. The molecule has 10 heteroatoms. The third-order valence-electron chi connectivity index (χ3n) is 5.19. The van der Waals surface area contributed by atoms with Crippen LogP contribution >= 0.6 is 22.9 Å². The Labute approximate surface area is 218 Å². The van der Waals surface area contributed by atoms with E-state index in [1.807, 2.05) is 20.8 Å². The van der Waals surface area contributed by atoms with Gasteiger partial charge in [0.25, 0.3) is 5.91 Å². The van der Waals surface area contributed by atoms with E-state index in [1.165, 1.54) is 11.3 Å². The van der Waals surface area contributed by atoms with Crippen molar-refractivity contribution in [3.63, 3.8) is 0 Å². The third-order valence-corrected chi connectivity index (χ3v) is 6.73. The fourth-order valence-electron chi connectivity index (χ4n) is 3.67. The average molecular weight is 531 g/mol. The summed E-state index contributed by atoms with van der Waals surface area (Å²) in [7, 11) is 1.57. The maximum atomic E-state index is 14.0. The molecule has 36 heavy (non-hydrogen) atoms. The molecule has 0 aliphatic carbocycles. The highest BCUT2D eigenvalue weighted by molar-refractivity contribution is 7.23. The van der Waals surface area contributed by atoms with Crippen LogP contribution in [0.1, 0.15) is 36.9 Å². The third kappa shape index (κ3) is 5.22. The number of aromatic nitrogens is 1. The fraction of sp³-hybridized carbons (Fsp3) is 0.308. The van der Waals surface area contributed by atoms with Gasteiger partial charge in [-0.2, -0.15) is 0 Å². The molecule has 8 nitrogen and oxygen atoms in total. The van der Waals surface area contributed by atoms with E-state index in [2.05, 4.69) is 0 Å². The maximum absolute atomic E-state index is 14.0. The Morgan fingerprint density at radius 1 is 1.03 bits per heavy atom. The number of hydrogen-bond donors (Lipinski definition) is 0. The van der Waals surface area contributed by atoms with E-state index in [0.29, 0.717) is 69.8 Å². The van der Waals surface area contributed by atoms with Gasteiger partial charge in [0.05, 0.1) is 49.5 Å². The molecule has 0 fully saturated rings. The summed E-state index contributed by atoms with van der Waals surface area (Å²) < 4.78 is 29.2. The number of thiazole rings is 1. The number of rotatable bonds is 11. The standard InChI is InChI=1S/C26H27ClN2O6S/c1-5-32-20-13-16(14-21(33-6-2)23(20)34-7-3)25(30)29(15-17-9-8-12-35-17)26-28-22-19(31-4)11-10-18(27)24(22)36-26/h8-14H,5-7,15H2,1-4H3. The molecular formula is C26H27ClN2O6S. The van der Waals surface area contributed by atoms with Crippen molar-refractivity contribution in [3.8, 4) is 23.0 Å². The molecule has 4 aromatic rings. The van der Waals surface area contributed by atoms with Crippen LogP contribution in [0.3, 0.4) is 0 Å². The molecule has 0 saturated heterocycles. The number of hydrogen-bond acceptors (Lipinski definition) is 8. The molecule has 2 heterocycles. The predicted octanol–water partition coefficient (Wildman–Crippen LogP) is 6.59. The van der Waals surface area contributed by atoms with Crippen molar-refractivity contribution < 1.29 is 28.2 Å². The lowest BCUT2D eigenvalue weighted by atomic mass is 10.1. The van der Waals surface area contributed by atoms with Crippen molar-refractivity contribution >= 4 is 44.2 Å². The van der Waals surface area contributed by atoms with Gasteiger partial charge in [-0.1, -0.05) is 22.9 Å². The second-order valence-corrected chi connectivity index (χ2v) is 8.88. The highest BCUT2D eigenvalue weighted by Crippen LogP contribution is 2.42. The van der Waals surface area contributed by atoms with Crippen LogP contribution in [0.15, 0.2) is 47.1 Å². The van der Waals surface area contributed by atoms with Gasteiger partial charge in [-0.3, -0.25) is 9.69 Å². The summed E-state index contributed by atoms with van der Waals surface area (Å²) >= 11 is 7.75. The number of nitrogens with zero attached hydrogens (tertiary/aromatic N) is 2. The SMILES string of the molecule is CCOc1cc(C(=O)N(Cc2ccco2)c2nc3c(OC)ccc(Cl)c3s2)cc(OCC)c1OCC. The molecular weight excluding hydrogens is 504 g/mol. The van der Waals surface area contributed by atoms with Crippen molar-refractivity contribution in [2.75, 3.05) is 31.8 Å². The number of methoxy groups -OCH3 is 1. The second-order valence-electron chi connectivity index (χ2n) is 7.50. The van der Waals surface area contributed by atoms with E-state index in [0.717, 1.165) is 4.70 Å². The summed E-state index contributed by atoms with van der Waals surface area (Å²) in [5.41, 5.74) is 0.938. The molecule has 0 bridgehead atoms. The fourth-order valence-corrected chi connectivity index (χ4v) is 4.93. The van der Waals surface area contributed by atoms with Gasteiger partial charge in [-0.15, -0.1) is 0 Å². The first kappa shape index (κ1) is 25.7. The Morgan fingerprint density at radius 2 is 1.72 bits per heavy atom. The second kappa shape index (κ2) is 11.5. The molecule has 2 aromatic carbocycles. The minimum atomic E-state index is -0.314. The zero-order chi connectivity index (χ0) is 25.7. The molecule has 190 valence electrons. The van der Waals surface area contributed by atoms with Gasteiger partial charge in [0.1, 0.15) is 17.0 Å². The summed E-state index contributed by atoms with van der Waals surface area (Å²) in [5.74, 6) is 2.18. The Hall–Kier alpha value is -3.43. The number of furan rings is 1. The summed E-state index contributed by atoms with van der Waals surface area (Å²) in [6.07, 6.45) is 1.56. The van der Waals surface area contributed by atoms with Crippen molar-refractivity contribution in [3.05, 3.63) is 59.0 Å². The van der Waals surface area contributed by atoms with E-state index < -0.39 is 0 Å². The molecule has 0 unspecified atom stereocenters. The molecule has 0 saturated carbocycles. The van der Waals surface area contributed by atoms with Crippen LogP contribution in [0.2, 0.25) is 5.02 Å². The van der Waals surface area contributed by atoms with Gasteiger partial charge in [0.15, 0.2) is 16.6 Å². The molecule has 2 aromatic heterocycles. The Kier molecular flexibility index (Phi) is 8.22. The zero-order valence-corrected chi connectivity index (χ0v) is 22.1. The van der Waals surface area contributed by atoms with Gasteiger partial charge in [0, 0.05) is 5.56 Å². The Bertz CT molecular complexity index is 1310. The summed E-state index contributed by atoms with van der Waals surface area (Å²) in [5, 5.41) is 0.973. The first-order valence-corrected chi connectivity index (χ1v) is 12.7. The van der Waals surface area contributed by atoms with Gasteiger partial charge in [-0.05, 0) is 57.2 Å². The van der Waals surface area contributed by atoms with Crippen LogP contribution in [0.25, 0.3) is 10.2 Å². The van der Waals surface area contributed by atoms with Crippen LogP contribution < -0.4 is 23.8 Å². The van der Waals surface area contributed by atoms with Crippen LogP contribution in [0, 0.1) is 0 Å². The Balaban J connectivity index is 1.84. The monoisotopic (exact) mass is 530 g/mol. The molecule has 0 aliphatic rings. The lowest BCUT2D eigenvalue weighted by molar-refractivity contribution is 0.0982. The summed E-state index contributed by atoms with van der Waals surface area (Å²) in [6, 6.07) is 10.4. The van der Waals surface area contributed by atoms with Crippen LogP contribution in [-0.4, -0.2) is 37.8 Å². The minimum Gasteiger partial charge on any atom is -0.494 e. The van der Waals surface area contributed by atoms with Crippen LogP contribution in [-0.2, 0) is 6.54 Å². The van der Waals surface area contributed by atoms with Crippen LogP contribution in [0.4, 0.5) is 5.13 Å². The molecule has 0 radical (unpaired) electrons. The number of amides is 1. The van der Waals surface area contributed by atoms with Gasteiger partial charge in [-0.25, -0.2) is 4.98 Å². The lowest BCUT2D eigenvalue weighted by Gasteiger charge is -2.21. The topological polar surface area (TPSA) is 83.3 Å². The van der Waals surface area contributed by atoms with Crippen molar-refractivity contribution in [2.24, 2.45) is 0 Å². The predicted molar refractivity (Wildman–Crippen MR) is 140 cm³/mol. The molecule has 0 atom stereocenters. The average Bonchev–Trinajstić information content (AvgIpc) is 3.55. The number of anilines is 1. The van der Waals surface area contributed by atoms with Gasteiger partial charge < -0.3 is 23.4 Å². The van der Waals surface area contributed by atoms with E-state index in [9.17, 15) is 4.79 Å². The normalized spacial score (nSPS) is 10.9. The van der Waals surface area contributed by atoms with Gasteiger partial charge in [0.2, 0.25) is 5.75 Å². The number of fused-ring (bicyclic) bond motifs is 1. The number of ether oxygens (including phenoxy) is 4.